The molecule has 1 aromatic rings. The van der Waals surface area contributed by atoms with E-state index in [1.165, 1.54) is 0 Å². The smallest absolute Gasteiger partial charge is 0.0885 e. The van der Waals surface area contributed by atoms with Crippen LogP contribution in [0.25, 0.3) is 0 Å². The minimum Gasteiger partial charge on any atom is -0.255 e. The van der Waals surface area contributed by atoms with E-state index < -0.39 is 0 Å². The fraction of sp³-hybridized carbons (Fsp3) is 0. The molecular formula is C12H12N2. The third-order valence-corrected chi connectivity index (χ3v) is 1.56. The van der Waals surface area contributed by atoms with Gasteiger partial charge in [-0.2, -0.15) is 0 Å². The molecule has 0 spiro atoms. The first kappa shape index (κ1) is 10.1. The number of rotatable bonds is 4. The Morgan fingerprint density at radius 2 is 2.21 bits per heavy atom. The van der Waals surface area contributed by atoms with E-state index in [1.54, 1.807) is 30.6 Å². The number of allylic oxidation sites excluding steroid dienone is 3. The molecule has 1 heterocycles. The summed E-state index contributed by atoms with van der Waals surface area (Å²) in [5, 5.41) is 0. The van der Waals surface area contributed by atoms with Crippen molar-refractivity contribution < 1.29 is 0 Å². The lowest BCUT2D eigenvalue weighted by atomic mass is 10.2. The molecule has 1 aromatic heterocycles. The molecule has 0 aliphatic heterocycles. The number of hydrogen-bond acceptors (Lipinski definition) is 2. The second-order valence-electron chi connectivity index (χ2n) is 2.51. The van der Waals surface area contributed by atoms with Crippen molar-refractivity contribution in [3.8, 4) is 0 Å². The summed E-state index contributed by atoms with van der Waals surface area (Å²) in [5.74, 6) is 0. The van der Waals surface area contributed by atoms with E-state index >= 15 is 0 Å². The maximum absolute atomic E-state index is 4.19. The van der Waals surface area contributed by atoms with Crippen LogP contribution < -0.4 is 0 Å². The van der Waals surface area contributed by atoms with Crippen molar-refractivity contribution in [2.45, 2.75) is 0 Å². The lowest BCUT2D eigenvalue weighted by Gasteiger charge is -1.96. The number of hydrogen-bond donors (Lipinski definition) is 0. The van der Waals surface area contributed by atoms with Gasteiger partial charge in [-0.3, -0.25) is 9.98 Å². The molecule has 70 valence electrons. The average Bonchev–Trinajstić information content (AvgIpc) is 2.26. The predicted octanol–water partition coefficient (Wildman–Crippen LogP) is 2.76. The molecule has 0 aliphatic carbocycles. The first-order chi connectivity index (χ1) is 6.88. The van der Waals surface area contributed by atoms with E-state index in [9.17, 15) is 0 Å². The molecule has 14 heavy (non-hydrogen) atoms. The van der Waals surface area contributed by atoms with Gasteiger partial charge in [-0.05, 0) is 24.3 Å². The van der Waals surface area contributed by atoms with Crippen LogP contribution in [0, 0.1) is 0 Å². The van der Waals surface area contributed by atoms with Crippen molar-refractivity contribution in [3.63, 3.8) is 0 Å². The molecule has 0 unspecified atom stereocenters. The fourth-order valence-electron chi connectivity index (χ4n) is 0.922. The molecule has 0 radical (unpaired) electrons. The maximum Gasteiger partial charge on any atom is 0.0885 e. The minimum atomic E-state index is 0.753. The van der Waals surface area contributed by atoms with Crippen LogP contribution in [0.15, 0.2) is 67.0 Å². The van der Waals surface area contributed by atoms with Crippen molar-refractivity contribution in [2.75, 3.05) is 0 Å². The Bertz CT molecular complexity index is 361. The van der Waals surface area contributed by atoms with E-state index in [1.807, 2.05) is 18.2 Å². The van der Waals surface area contributed by atoms with E-state index in [4.69, 9.17) is 0 Å². The van der Waals surface area contributed by atoms with Crippen LogP contribution in [0.4, 0.5) is 0 Å². The van der Waals surface area contributed by atoms with Crippen LogP contribution in [-0.2, 0) is 0 Å². The second-order valence-corrected chi connectivity index (χ2v) is 2.51. The van der Waals surface area contributed by atoms with Crippen LogP contribution >= 0.6 is 0 Å². The first-order valence-corrected chi connectivity index (χ1v) is 4.27. The van der Waals surface area contributed by atoms with Gasteiger partial charge in [0.05, 0.1) is 11.4 Å². The SMILES string of the molecule is C=C/C=C\N=C(/C=C)c1ccccn1. The average molecular weight is 184 g/mol. The third kappa shape index (κ3) is 2.83. The molecule has 2 nitrogen and oxygen atoms in total. The van der Waals surface area contributed by atoms with Gasteiger partial charge in [0, 0.05) is 12.4 Å². The normalized spacial score (nSPS) is 11.6. The van der Waals surface area contributed by atoms with Crippen LogP contribution in [0.3, 0.4) is 0 Å². The number of aliphatic imine (C=N–C) groups is 1. The second kappa shape index (κ2) is 5.65. The van der Waals surface area contributed by atoms with Gasteiger partial charge in [0.1, 0.15) is 0 Å². The molecule has 2 heteroatoms. The summed E-state index contributed by atoms with van der Waals surface area (Å²) in [4.78, 5) is 8.35. The molecule has 0 aromatic carbocycles. The standard InChI is InChI=1S/C12H12N2/c1-3-5-9-13-11(4-2)12-8-6-7-10-14-12/h3-10H,1-2H2/b9-5-,13-11+. The van der Waals surface area contributed by atoms with Crippen LogP contribution in [0.2, 0.25) is 0 Å². The highest BCUT2D eigenvalue weighted by Crippen LogP contribution is 1.98. The van der Waals surface area contributed by atoms with Gasteiger partial charge in [0.2, 0.25) is 0 Å². The first-order valence-electron chi connectivity index (χ1n) is 4.27. The summed E-state index contributed by atoms with van der Waals surface area (Å²) in [6, 6.07) is 5.67. The van der Waals surface area contributed by atoms with Gasteiger partial charge in [0.25, 0.3) is 0 Å². The summed E-state index contributed by atoms with van der Waals surface area (Å²) in [6.45, 7) is 7.24. The van der Waals surface area contributed by atoms with Gasteiger partial charge >= 0.3 is 0 Å². The van der Waals surface area contributed by atoms with Gasteiger partial charge in [-0.15, -0.1) is 0 Å². The highest BCUT2D eigenvalue weighted by Gasteiger charge is 1.96. The number of nitrogens with zero attached hydrogens (tertiary/aromatic N) is 2. The van der Waals surface area contributed by atoms with Crippen molar-refractivity contribution in [1.29, 1.82) is 0 Å². The summed E-state index contributed by atoms with van der Waals surface area (Å²) in [5.41, 5.74) is 1.57. The van der Waals surface area contributed by atoms with Gasteiger partial charge in [-0.1, -0.05) is 25.3 Å². The molecular weight excluding hydrogens is 172 g/mol. The summed E-state index contributed by atoms with van der Waals surface area (Å²) in [7, 11) is 0. The lowest BCUT2D eigenvalue weighted by molar-refractivity contribution is 1.29. The summed E-state index contributed by atoms with van der Waals surface area (Å²) in [6.07, 6.45) is 8.50. The van der Waals surface area contributed by atoms with E-state index in [0.29, 0.717) is 0 Å². The zero-order valence-corrected chi connectivity index (χ0v) is 7.93. The largest absolute Gasteiger partial charge is 0.255 e. The zero-order chi connectivity index (χ0) is 10.2. The molecule has 0 amide bonds. The highest BCUT2D eigenvalue weighted by molar-refractivity contribution is 6.07. The molecule has 0 fully saturated rings. The quantitative estimate of drug-likeness (QED) is 0.521. The highest BCUT2D eigenvalue weighted by atomic mass is 14.8. The van der Waals surface area contributed by atoms with Crippen molar-refractivity contribution in [3.05, 3.63) is 67.7 Å². The third-order valence-electron chi connectivity index (χ3n) is 1.56. The summed E-state index contributed by atoms with van der Waals surface area (Å²) < 4.78 is 0. The van der Waals surface area contributed by atoms with E-state index in [-0.39, 0.29) is 0 Å². The lowest BCUT2D eigenvalue weighted by Crippen LogP contribution is -1.97. The topological polar surface area (TPSA) is 25.2 Å². The molecule has 0 bridgehead atoms. The molecule has 0 atom stereocenters. The number of pyridine rings is 1. The van der Waals surface area contributed by atoms with E-state index in [0.717, 1.165) is 11.4 Å². The predicted molar refractivity (Wildman–Crippen MR) is 60.3 cm³/mol. The Labute approximate surface area is 84.0 Å². The molecule has 0 saturated heterocycles. The molecule has 0 N–H and O–H groups in total. The van der Waals surface area contributed by atoms with E-state index in [2.05, 4.69) is 23.1 Å². The van der Waals surface area contributed by atoms with Gasteiger partial charge < -0.3 is 0 Å². The Kier molecular flexibility index (Phi) is 4.08. The van der Waals surface area contributed by atoms with Crippen LogP contribution in [0.5, 0.6) is 0 Å². The fourth-order valence-corrected chi connectivity index (χ4v) is 0.922. The zero-order valence-electron chi connectivity index (χ0n) is 7.93. The van der Waals surface area contributed by atoms with Gasteiger partial charge in [0.15, 0.2) is 0 Å². The van der Waals surface area contributed by atoms with Gasteiger partial charge in [-0.25, -0.2) is 0 Å². The maximum atomic E-state index is 4.19. The Morgan fingerprint density at radius 1 is 1.36 bits per heavy atom. The molecule has 0 saturated carbocycles. The minimum absolute atomic E-state index is 0.753. The Morgan fingerprint density at radius 3 is 2.79 bits per heavy atom. The van der Waals surface area contributed by atoms with Crippen molar-refractivity contribution >= 4 is 5.71 Å². The van der Waals surface area contributed by atoms with Crippen LogP contribution in [-0.4, -0.2) is 10.7 Å². The Balaban J connectivity index is 2.93. The van der Waals surface area contributed by atoms with Crippen LogP contribution in [0.1, 0.15) is 5.69 Å². The molecule has 0 aliphatic rings. The molecule has 1 rings (SSSR count). The monoisotopic (exact) mass is 184 g/mol. The Hall–Kier alpha value is -1.96. The van der Waals surface area contributed by atoms with Crippen molar-refractivity contribution in [1.82, 2.24) is 4.98 Å². The number of aromatic nitrogens is 1. The summed E-state index contributed by atoms with van der Waals surface area (Å²) >= 11 is 0. The van der Waals surface area contributed by atoms with Crippen molar-refractivity contribution in [2.24, 2.45) is 4.99 Å².